The van der Waals surface area contributed by atoms with Crippen LogP contribution in [-0.2, 0) is 0 Å². The maximum atomic E-state index is 14.0. The minimum absolute atomic E-state index is 0.170. The molecule has 0 radical (unpaired) electrons. The Morgan fingerprint density at radius 2 is 1.74 bits per heavy atom. The van der Waals surface area contributed by atoms with Gasteiger partial charge in [0, 0.05) is 11.3 Å². The first-order chi connectivity index (χ1) is 16.9. The molecule has 0 aliphatic carbocycles. The van der Waals surface area contributed by atoms with Gasteiger partial charge in [0.1, 0.15) is 17.4 Å². The van der Waals surface area contributed by atoms with Crippen molar-refractivity contribution in [1.82, 2.24) is 15.5 Å². The normalized spacial score (nSPS) is 15.8. The number of ether oxygens (including phenoxy) is 1. The lowest BCUT2D eigenvalue weighted by atomic mass is 9.94. The molecule has 0 bridgehead atoms. The Kier molecular flexibility index (Phi) is 5.74. The van der Waals surface area contributed by atoms with Crippen molar-refractivity contribution in [2.75, 3.05) is 12.0 Å². The second-order valence-electron chi connectivity index (χ2n) is 7.90. The fourth-order valence-corrected chi connectivity index (χ4v) is 4.04. The zero-order chi connectivity index (χ0) is 24.5. The average molecular weight is 474 g/mol. The van der Waals surface area contributed by atoms with E-state index in [4.69, 9.17) is 9.26 Å². The maximum absolute atomic E-state index is 14.0. The molecule has 1 N–H and O–H groups in total. The van der Waals surface area contributed by atoms with Gasteiger partial charge in [0.05, 0.1) is 24.4 Å². The summed E-state index contributed by atoms with van der Waals surface area (Å²) < 4.78 is 38.4. The fraction of sp³-hybridized carbons (Fsp3) is 0.115. The van der Waals surface area contributed by atoms with Crippen molar-refractivity contribution in [2.24, 2.45) is 0 Å². The van der Waals surface area contributed by atoms with Gasteiger partial charge in [-0.15, -0.1) is 0 Å². The number of benzene rings is 3. The monoisotopic (exact) mass is 474 g/mol. The first-order valence-corrected chi connectivity index (χ1v) is 10.8. The van der Waals surface area contributed by atoms with Gasteiger partial charge >= 0.3 is 6.03 Å². The quantitative estimate of drug-likeness (QED) is 0.400. The predicted octanol–water partition coefficient (Wildman–Crippen LogP) is 5.73. The SMILES string of the molecule is COc1ccc(-c2noc(C3=C(C)N(c4cccc(F)c4)C(=O)NC3c3ccc(F)cc3)n2)cc1. The first kappa shape index (κ1) is 22.3. The molecule has 35 heavy (non-hydrogen) atoms. The maximum Gasteiger partial charge on any atom is 0.327 e. The van der Waals surface area contributed by atoms with Gasteiger partial charge in [0.2, 0.25) is 5.82 Å². The molecule has 0 saturated carbocycles. The number of hydrogen-bond acceptors (Lipinski definition) is 5. The van der Waals surface area contributed by atoms with Crippen LogP contribution in [0, 0.1) is 11.6 Å². The molecule has 1 aliphatic heterocycles. The molecule has 4 aromatic rings. The van der Waals surface area contributed by atoms with E-state index in [1.165, 1.54) is 35.2 Å². The van der Waals surface area contributed by atoms with Crippen LogP contribution in [0.5, 0.6) is 5.75 Å². The topological polar surface area (TPSA) is 80.5 Å². The summed E-state index contributed by atoms with van der Waals surface area (Å²) in [5.41, 5.74) is 2.65. The third-order valence-corrected chi connectivity index (χ3v) is 5.76. The summed E-state index contributed by atoms with van der Waals surface area (Å²) in [4.78, 5) is 19.1. The number of nitrogens with zero attached hydrogens (tertiary/aromatic N) is 3. The number of urea groups is 1. The van der Waals surface area contributed by atoms with Gasteiger partial charge in [-0.3, -0.25) is 4.90 Å². The van der Waals surface area contributed by atoms with Crippen molar-refractivity contribution in [2.45, 2.75) is 13.0 Å². The number of rotatable bonds is 5. The van der Waals surface area contributed by atoms with Gasteiger partial charge in [-0.1, -0.05) is 23.4 Å². The molecule has 1 unspecified atom stereocenters. The summed E-state index contributed by atoms with van der Waals surface area (Å²) in [6, 6.07) is 17.5. The molecule has 0 saturated heterocycles. The molecule has 0 fully saturated rings. The number of amides is 2. The van der Waals surface area contributed by atoms with Crippen LogP contribution in [0.15, 0.2) is 83.0 Å². The van der Waals surface area contributed by atoms with Gasteiger partial charge < -0.3 is 14.6 Å². The number of aromatic nitrogens is 2. The third-order valence-electron chi connectivity index (χ3n) is 5.76. The largest absolute Gasteiger partial charge is 0.497 e. The van der Waals surface area contributed by atoms with Gasteiger partial charge in [-0.05, 0) is 67.1 Å². The number of carbonyl (C=O) groups is 1. The number of allylic oxidation sites excluding steroid dienone is 1. The lowest BCUT2D eigenvalue weighted by Crippen LogP contribution is -2.46. The average Bonchev–Trinajstić information content (AvgIpc) is 3.34. The second-order valence-corrected chi connectivity index (χ2v) is 7.90. The molecule has 5 rings (SSSR count). The van der Waals surface area contributed by atoms with Crippen LogP contribution < -0.4 is 15.0 Å². The minimum atomic E-state index is -0.697. The van der Waals surface area contributed by atoms with Crippen LogP contribution in [0.1, 0.15) is 24.4 Å². The highest BCUT2D eigenvalue weighted by Gasteiger charge is 2.36. The molecule has 2 amide bonds. The molecule has 1 aromatic heterocycles. The van der Waals surface area contributed by atoms with E-state index in [1.54, 1.807) is 56.5 Å². The van der Waals surface area contributed by atoms with Gasteiger partial charge in [-0.2, -0.15) is 4.98 Å². The van der Waals surface area contributed by atoms with E-state index in [2.05, 4.69) is 15.5 Å². The zero-order valence-corrected chi connectivity index (χ0v) is 18.8. The molecule has 7 nitrogen and oxygen atoms in total. The molecular formula is C26H20F2N4O3. The summed E-state index contributed by atoms with van der Waals surface area (Å²) in [6.45, 7) is 1.72. The van der Waals surface area contributed by atoms with E-state index in [9.17, 15) is 13.6 Å². The number of hydrogen-bond donors (Lipinski definition) is 1. The van der Waals surface area contributed by atoms with Crippen molar-refractivity contribution in [3.05, 3.63) is 102 Å². The highest BCUT2D eigenvalue weighted by molar-refractivity contribution is 6.01. The third kappa shape index (κ3) is 4.23. The molecule has 1 atom stereocenters. The van der Waals surface area contributed by atoms with Crippen molar-refractivity contribution in [3.63, 3.8) is 0 Å². The van der Waals surface area contributed by atoms with Gasteiger partial charge in [-0.25, -0.2) is 13.6 Å². The molecular weight excluding hydrogens is 454 g/mol. The summed E-state index contributed by atoms with van der Waals surface area (Å²) >= 11 is 0. The van der Waals surface area contributed by atoms with E-state index in [-0.39, 0.29) is 5.89 Å². The van der Waals surface area contributed by atoms with Gasteiger partial charge in [0.15, 0.2) is 0 Å². The molecule has 9 heteroatoms. The molecule has 3 aromatic carbocycles. The molecule has 176 valence electrons. The Bertz CT molecular complexity index is 1420. The zero-order valence-electron chi connectivity index (χ0n) is 18.8. The lowest BCUT2D eigenvalue weighted by Gasteiger charge is -2.35. The Hall–Kier alpha value is -4.53. The molecule has 0 spiro atoms. The number of carbonyl (C=O) groups excluding carboxylic acids is 1. The first-order valence-electron chi connectivity index (χ1n) is 10.8. The Morgan fingerprint density at radius 1 is 1.00 bits per heavy atom. The summed E-state index contributed by atoms with van der Waals surface area (Å²) in [6.07, 6.45) is 0. The smallest absolute Gasteiger partial charge is 0.327 e. The summed E-state index contributed by atoms with van der Waals surface area (Å²) in [5.74, 6) is 0.316. The lowest BCUT2D eigenvalue weighted by molar-refractivity contribution is 0.244. The number of methoxy groups -OCH3 is 1. The van der Waals surface area contributed by atoms with Crippen LogP contribution in [0.25, 0.3) is 17.0 Å². The highest BCUT2D eigenvalue weighted by Crippen LogP contribution is 2.39. The van der Waals surface area contributed by atoms with Crippen LogP contribution in [0.2, 0.25) is 0 Å². The minimum Gasteiger partial charge on any atom is -0.497 e. The second kappa shape index (κ2) is 9.02. The van der Waals surface area contributed by atoms with Crippen molar-refractivity contribution < 1.29 is 22.8 Å². The Labute approximate surface area is 199 Å². The van der Waals surface area contributed by atoms with Crippen molar-refractivity contribution in [1.29, 1.82) is 0 Å². The number of nitrogens with one attached hydrogen (secondary N) is 1. The van der Waals surface area contributed by atoms with E-state index in [1.807, 2.05) is 0 Å². The van der Waals surface area contributed by atoms with Crippen LogP contribution in [0.3, 0.4) is 0 Å². The van der Waals surface area contributed by atoms with E-state index < -0.39 is 23.7 Å². The predicted molar refractivity (Wildman–Crippen MR) is 125 cm³/mol. The number of anilines is 1. The standard InChI is InChI=1S/C26H20F2N4O3/c1-15-22(25-30-24(31-35-25)17-8-12-21(34-2)13-9-17)23(16-6-10-18(27)11-7-16)29-26(33)32(15)20-5-3-4-19(28)14-20/h3-14,23H,1-2H3,(H,29,33). The summed E-state index contributed by atoms with van der Waals surface area (Å²) in [7, 11) is 1.58. The van der Waals surface area contributed by atoms with Crippen LogP contribution in [0.4, 0.5) is 19.3 Å². The molecule has 2 heterocycles. The van der Waals surface area contributed by atoms with E-state index in [0.717, 1.165) is 0 Å². The highest BCUT2D eigenvalue weighted by atomic mass is 19.1. The number of halogens is 2. The fourth-order valence-electron chi connectivity index (χ4n) is 4.04. The molecule has 1 aliphatic rings. The van der Waals surface area contributed by atoms with Gasteiger partial charge in [0.25, 0.3) is 5.89 Å². The van der Waals surface area contributed by atoms with Crippen molar-refractivity contribution in [3.8, 4) is 17.1 Å². The van der Waals surface area contributed by atoms with E-state index in [0.29, 0.717) is 39.7 Å². The summed E-state index contributed by atoms with van der Waals surface area (Å²) in [5, 5.41) is 7.02. The van der Waals surface area contributed by atoms with Crippen molar-refractivity contribution >= 4 is 17.3 Å². The van der Waals surface area contributed by atoms with Crippen LogP contribution in [-0.4, -0.2) is 23.3 Å². The Balaban J connectivity index is 1.63. The van der Waals surface area contributed by atoms with E-state index >= 15 is 0 Å². The van der Waals surface area contributed by atoms with Crippen LogP contribution >= 0.6 is 0 Å². The Morgan fingerprint density at radius 3 is 2.43 bits per heavy atom.